The zero-order chi connectivity index (χ0) is 102. The Bertz CT molecular complexity index is 6010. The third-order valence-corrected chi connectivity index (χ3v) is 30.3. The van der Waals surface area contributed by atoms with Crippen LogP contribution < -0.4 is 43.0 Å². The molecular weight excluding hydrogens is 2490 g/mol. The predicted octanol–water partition coefficient (Wildman–Crippen LogP) is 28.7. The molecule has 3 saturated heterocycles. The van der Waals surface area contributed by atoms with Gasteiger partial charge in [0.25, 0.3) is 0 Å². The highest BCUT2D eigenvalue weighted by molar-refractivity contribution is 14.1. The SMILES string of the molecule is CCCOc1c(I)cccc1OC(c1ccccc1)C1CN(C)CCO1.CCCOc1cc(I)ccc1OC(c1ccccc1)C1CN(C)CCO1.CCCOc1cccc(I)c1OC(c1ccccc1)C1CN(C)CCO1.CCOCCOCCOc1ccc(/C=C/c2ccc(N(C)C)c(I)c2)cc1.Cc1ccc(C(C)(C)c2ccc(C)c(I)c2)cc1.Cc1ccc2nc(-c3ccc(N(C)C)c(I)c3)sc2c1. The zero-order valence-corrected chi connectivity index (χ0v) is 99.2. The Morgan fingerprint density at radius 1 is 0.406 bits per heavy atom. The minimum absolute atomic E-state index is 0.0190. The molecule has 4 heterocycles. The highest BCUT2D eigenvalue weighted by Gasteiger charge is 2.35. The van der Waals surface area contributed by atoms with Gasteiger partial charge in [-0.05, 0) is 357 Å². The molecule has 25 heteroatoms. The normalized spacial score (nSPS) is 15.5. The van der Waals surface area contributed by atoms with Gasteiger partial charge >= 0.3 is 0 Å². The van der Waals surface area contributed by atoms with Gasteiger partial charge in [0.1, 0.15) is 35.7 Å². The summed E-state index contributed by atoms with van der Waals surface area (Å²) in [6.07, 6.45) is 6.53. The summed E-state index contributed by atoms with van der Waals surface area (Å²) >= 11 is 15.8. The van der Waals surface area contributed by atoms with Gasteiger partial charge in [-0.2, -0.15) is 0 Å². The first kappa shape index (κ1) is 116. The topological polar surface area (TPSA) is 140 Å². The van der Waals surface area contributed by atoms with Crippen LogP contribution in [0.2, 0.25) is 0 Å². The van der Waals surface area contributed by atoms with E-state index in [1.807, 2.05) is 128 Å². The number of anilines is 2. The summed E-state index contributed by atoms with van der Waals surface area (Å²) < 4.78 is 80.3. The largest absolute Gasteiger partial charge is 0.491 e. The molecule has 12 aromatic carbocycles. The Balaban J connectivity index is 0.000000164. The Kier molecular flexibility index (Phi) is 49.3. The molecule has 6 atom stereocenters. The second-order valence-corrected chi connectivity index (χ2v) is 44.4. The van der Waals surface area contributed by atoms with Crippen LogP contribution in [0.1, 0.15) is 135 Å². The number of aromatic nitrogens is 1. The average molecular weight is 2630 g/mol. The van der Waals surface area contributed by atoms with Gasteiger partial charge in [0, 0.05) is 111 Å². The van der Waals surface area contributed by atoms with Crippen molar-refractivity contribution < 1.29 is 56.8 Å². The molecule has 143 heavy (non-hydrogen) atoms. The number of morpholine rings is 3. The number of hydrogen-bond acceptors (Lipinski definition) is 19. The molecule has 13 aromatic rings. The van der Waals surface area contributed by atoms with E-state index in [4.69, 9.17) is 61.8 Å². The van der Waals surface area contributed by atoms with E-state index < -0.39 is 0 Å². The van der Waals surface area contributed by atoms with E-state index in [1.165, 1.54) is 65.7 Å². The summed E-state index contributed by atoms with van der Waals surface area (Å²) in [5.74, 6) is 5.60. The van der Waals surface area contributed by atoms with E-state index in [0.29, 0.717) is 46.2 Å². The zero-order valence-electron chi connectivity index (χ0n) is 85.4. The monoisotopic (exact) mass is 2630 g/mol. The standard InChI is InChI=1S/C22H28INO3.3C21H26INO3.C17H19I.C16H15IN2S/c1-4-25-13-14-26-15-16-27-20-10-7-18(8-11-20)5-6-19-9-12-22(24(2)3)21(23)17-19;1-3-13-25-21-17(22)10-7-11-18(21)26-20(16-8-5-4-6-9-16)19-15-23(2)12-14-24-19;1-3-13-24-18-11-7-10-17(22)21(18)26-20(16-8-5-4-6-9-16)19-15-23(2)12-14-25-19;1-3-12-24-19-14-17(22)9-10-18(19)26-21(16-7-5-4-6-8-16)20-15-23(2)11-13-25-20;1-12-5-8-14(9-6-12)17(3,4)15-10-7-13(2)16(18)11-15;1-10-4-6-13-15(8-10)20-16(18-13)11-5-7-14(19(2)3)12(17)9-11/h5-12,17H,4,13-16H2,1-3H3;2*4-11,19-20H,3,12-15H2,1-2H3;4-10,14,20-21H,3,11-13,15H2,1-2H3;5-11H,1-4H3;4-9H,1-3H3/b6-5+;;;;;. The average Bonchev–Trinajstić information content (AvgIpc) is 1.09. The molecule has 0 spiro atoms. The number of halogens is 6. The van der Waals surface area contributed by atoms with Crippen LogP contribution in [0.25, 0.3) is 32.9 Å². The second kappa shape index (κ2) is 60.9. The summed E-state index contributed by atoms with van der Waals surface area (Å²) in [7, 11) is 14.6. The summed E-state index contributed by atoms with van der Waals surface area (Å²) in [5, 5.41) is 1.09. The van der Waals surface area contributed by atoms with Crippen LogP contribution in [-0.4, -0.2) is 199 Å². The molecular formula is C118H140I6N6O12S. The minimum Gasteiger partial charge on any atom is -0.491 e. The lowest BCUT2D eigenvalue weighted by Crippen LogP contribution is -2.44. The molecule has 1 aromatic heterocycles. The van der Waals surface area contributed by atoms with Gasteiger partial charge in [0.2, 0.25) is 0 Å². The predicted molar refractivity (Wildman–Crippen MR) is 642 cm³/mol. The smallest absolute Gasteiger partial charge is 0.175 e. The van der Waals surface area contributed by atoms with Gasteiger partial charge in [-0.1, -0.05) is 216 Å². The first-order valence-electron chi connectivity index (χ1n) is 49.1. The number of thiazole rings is 1. The van der Waals surface area contributed by atoms with Crippen molar-refractivity contribution in [3.8, 4) is 50.8 Å². The molecule has 16 rings (SSSR count). The van der Waals surface area contributed by atoms with Crippen molar-refractivity contribution >= 4 is 181 Å². The summed E-state index contributed by atoms with van der Waals surface area (Å²) in [5.41, 5.74) is 17.2. The maximum Gasteiger partial charge on any atom is 0.175 e. The van der Waals surface area contributed by atoms with Gasteiger partial charge in [-0.25, -0.2) is 4.98 Å². The molecule has 762 valence electrons. The third kappa shape index (κ3) is 36.8. The molecule has 0 bridgehead atoms. The number of fused-ring (bicyclic) bond motifs is 1. The fourth-order valence-electron chi connectivity index (χ4n) is 15.9. The molecule has 0 radical (unpaired) electrons. The fraction of sp³-hybridized carbons (Fsp3) is 0.364. The number of para-hydroxylation sites is 2. The molecule has 3 aliphatic heterocycles. The first-order valence-corrected chi connectivity index (χ1v) is 56.4. The van der Waals surface area contributed by atoms with E-state index in [1.54, 1.807) is 11.3 Å². The Morgan fingerprint density at radius 3 is 1.42 bits per heavy atom. The van der Waals surface area contributed by atoms with Crippen LogP contribution in [0.4, 0.5) is 11.4 Å². The van der Waals surface area contributed by atoms with Gasteiger partial charge in [0.15, 0.2) is 52.8 Å². The number of aryl methyl sites for hydroxylation is 3. The van der Waals surface area contributed by atoms with Crippen molar-refractivity contribution in [2.45, 2.75) is 124 Å². The molecule has 0 aliphatic carbocycles. The highest BCUT2D eigenvalue weighted by Crippen LogP contribution is 2.43. The Morgan fingerprint density at radius 2 is 0.888 bits per heavy atom. The number of ether oxygens (including phenoxy) is 12. The number of rotatable bonds is 36. The maximum absolute atomic E-state index is 6.56. The molecule has 3 fully saturated rings. The summed E-state index contributed by atoms with van der Waals surface area (Å²) in [6.45, 7) is 31.9. The van der Waals surface area contributed by atoms with E-state index in [9.17, 15) is 0 Å². The lowest BCUT2D eigenvalue weighted by molar-refractivity contribution is -0.0766. The van der Waals surface area contributed by atoms with Crippen molar-refractivity contribution in [1.29, 1.82) is 0 Å². The number of likely N-dealkylation sites (N-methyl/N-ethyl adjacent to an activating group) is 3. The highest BCUT2D eigenvalue weighted by atomic mass is 127. The van der Waals surface area contributed by atoms with Crippen molar-refractivity contribution in [2.75, 3.05) is 171 Å². The van der Waals surface area contributed by atoms with Crippen molar-refractivity contribution in [3.05, 3.63) is 344 Å². The van der Waals surface area contributed by atoms with Crippen LogP contribution in [0.3, 0.4) is 0 Å². The Labute approximate surface area is 936 Å². The number of nitrogens with zero attached hydrogens (tertiary/aromatic N) is 6. The van der Waals surface area contributed by atoms with Gasteiger partial charge in [-0.15, -0.1) is 11.3 Å². The van der Waals surface area contributed by atoms with Crippen molar-refractivity contribution in [3.63, 3.8) is 0 Å². The lowest BCUT2D eigenvalue weighted by Gasteiger charge is -2.35. The fourth-order valence-corrected chi connectivity index (χ4v) is 21.1. The van der Waals surface area contributed by atoms with Gasteiger partial charge in [0.05, 0.1) is 76.8 Å². The van der Waals surface area contributed by atoms with E-state index in [-0.39, 0.29) is 42.0 Å². The molecule has 0 amide bonds. The quantitative estimate of drug-likeness (QED) is 0.0209. The molecule has 3 aliphatic rings. The van der Waals surface area contributed by atoms with Crippen LogP contribution in [0.15, 0.2) is 267 Å². The van der Waals surface area contributed by atoms with Crippen molar-refractivity contribution in [1.82, 2.24) is 19.7 Å². The molecule has 6 unspecified atom stereocenters. The number of hydrogen-bond donors (Lipinski definition) is 0. The van der Waals surface area contributed by atoms with Gasteiger partial charge in [-0.3, -0.25) is 0 Å². The van der Waals surface area contributed by atoms with E-state index in [2.05, 4.69) is 423 Å². The summed E-state index contributed by atoms with van der Waals surface area (Å²) in [6, 6.07) is 92.2. The van der Waals surface area contributed by atoms with Crippen LogP contribution in [0, 0.1) is 42.2 Å². The van der Waals surface area contributed by atoms with Crippen molar-refractivity contribution in [2.24, 2.45) is 0 Å². The van der Waals surface area contributed by atoms with E-state index in [0.717, 1.165) is 169 Å². The van der Waals surface area contributed by atoms with E-state index >= 15 is 0 Å². The first-order chi connectivity index (χ1) is 69.1. The van der Waals surface area contributed by atoms with Gasteiger partial charge < -0.3 is 81.3 Å². The Hall–Kier alpha value is -7.47. The van der Waals surface area contributed by atoms with Crippen LogP contribution in [0.5, 0.6) is 40.2 Å². The van der Waals surface area contributed by atoms with Crippen LogP contribution in [-0.2, 0) is 29.1 Å². The molecule has 18 nitrogen and oxygen atoms in total. The second-order valence-electron chi connectivity index (χ2n) is 36.3. The van der Waals surface area contributed by atoms with Crippen LogP contribution >= 0.6 is 147 Å². The lowest BCUT2D eigenvalue weighted by atomic mass is 9.78. The molecule has 0 N–H and O–H groups in total. The number of benzene rings is 12. The third-order valence-electron chi connectivity index (χ3n) is 23.9. The summed E-state index contributed by atoms with van der Waals surface area (Å²) in [4.78, 5) is 15.9. The molecule has 0 saturated carbocycles. The maximum atomic E-state index is 6.56. The minimum atomic E-state index is -0.182.